The molecule has 2 rings (SSSR count). The fourth-order valence-electron chi connectivity index (χ4n) is 3.25. The minimum Gasteiger partial charge on any atom is -0.481 e. The van der Waals surface area contributed by atoms with Crippen molar-refractivity contribution in [3.63, 3.8) is 0 Å². The second kappa shape index (κ2) is 4.69. The molecular weight excluding hydrogens is 244 g/mol. The number of aliphatic carboxylic acids is 1. The molecule has 1 aliphatic heterocycles. The second-order valence-corrected chi connectivity index (χ2v) is 7.15. The fourth-order valence-corrected chi connectivity index (χ4v) is 3.25. The summed E-state index contributed by atoms with van der Waals surface area (Å²) in [5, 5.41) is 12.4. The Balaban J connectivity index is 1.98. The number of fused-ring (bicyclic) bond motifs is 1. The molecule has 2 atom stereocenters. The average Bonchev–Trinajstić information content (AvgIpc) is 2.81. The summed E-state index contributed by atoms with van der Waals surface area (Å²) in [6.45, 7) is 7.73. The van der Waals surface area contributed by atoms with Crippen LogP contribution in [-0.4, -0.2) is 41.6 Å². The molecule has 2 amide bonds. The SMILES string of the molecule is CC(C)(C)CNC(=O)N1C[C@@H]2CCC[C@@]2(C(=O)O)C1. The molecule has 2 aliphatic rings. The van der Waals surface area contributed by atoms with Crippen molar-refractivity contribution in [3.8, 4) is 0 Å². The maximum atomic E-state index is 12.1. The summed E-state index contributed by atoms with van der Waals surface area (Å²) in [6.07, 6.45) is 2.60. The van der Waals surface area contributed by atoms with Crippen molar-refractivity contribution in [2.75, 3.05) is 19.6 Å². The van der Waals surface area contributed by atoms with Gasteiger partial charge in [0.2, 0.25) is 0 Å². The predicted octanol–water partition coefficient (Wildman–Crippen LogP) is 1.93. The van der Waals surface area contributed by atoms with Crippen LogP contribution < -0.4 is 5.32 Å². The Kier molecular flexibility index (Phi) is 3.49. The van der Waals surface area contributed by atoms with Crippen LogP contribution in [0.5, 0.6) is 0 Å². The Hall–Kier alpha value is -1.26. The van der Waals surface area contributed by atoms with E-state index in [4.69, 9.17) is 0 Å². The standard InChI is InChI=1S/C14H24N2O3/c1-13(2,3)8-15-12(19)16-7-10-5-4-6-14(10,9-16)11(17)18/h10H,4-9H2,1-3H3,(H,15,19)(H,17,18)/t10-,14+/m0/s1. The highest BCUT2D eigenvalue weighted by Crippen LogP contribution is 2.48. The van der Waals surface area contributed by atoms with Crippen molar-refractivity contribution in [3.05, 3.63) is 0 Å². The van der Waals surface area contributed by atoms with Crippen LogP contribution in [0, 0.1) is 16.7 Å². The van der Waals surface area contributed by atoms with E-state index in [2.05, 4.69) is 26.1 Å². The normalized spacial score (nSPS) is 30.3. The van der Waals surface area contributed by atoms with E-state index in [-0.39, 0.29) is 17.4 Å². The lowest BCUT2D eigenvalue weighted by Crippen LogP contribution is -2.44. The van der Waals surface area contributed by atoms with Crippen LogP contribution in [0.1, 0.15) is 40.0 Å². The number of hydrogen-bond acceptors (Lipinski definition) is 2. The number of likely N-dealkylation sites (tertiary alicyclic amines) is 1. The third-order valence-electron chi connectivity index (χ3n) is 4.35. The van der Waals surface area contributed by atoms with Gasteiger partial charge in [0, 0.05) is 19.6 Å². The van der Waals surface area contributed by atoms with E-state index in [0.717, 1.165) is 12.8 Å². The number of nitrogens with one attached hydrogen (secondary N) is 1. The van der Waals surface area contributed by atoms with E-state index in [1.165, 1.54) is 0 Å². The Morgan fingerprint density at radius 3 is 2.63 bits per heavy atom. The van der Waals surface area contributed by atoms with Crippen LogP contribution in [0.3, 0.4) is 0 Å². The van der Waals surface area contributed by atoms with Gasteiger partial charge in [-0.05, 0) is 24.2 Å². The maximum absolute atomic E-state index is 12.1. The number of carboxylic acids is 1. The van der Waals surface area contributed by atoms with Gasteiger partial charge in [0.05, 0.1) is 5.41 Å². The zero-order valence-electron chi connectivity index (χ0n) is 12.0. The van der Waals surface area contributed by atoms with Crippen LogP contribution in [0.2, 0.25) is 0 Å². The van der Waals surface area contributed by atoms with Gasteiger partial charge in [-0.25, -0.2) is 4.79 Å². The summed E-state index contributed by atoms with van der Waals surface area (Å²) >= 11 is 0. The molecule has 5 nitrogen and oxygen atoms in total. The Morgan fingerprint density at radius 2 is 2.11 bits per heavy atom. The number of urea groups is 1. The molecule has 2 N–H and O–H groups in total. The number of carbonyl (C=O) groups is 2. The van der Waals surface area contributed by atoms with Crippen molar-refractivity contribution in [1.29, 1.82) is 0 Å². The van der Waals surface area contributed by atoms with E-state index < -0.39 is 11.4 Å². The largest absolute Gasteiger partial charge is 0.481 e. The van der Waals surface area contributed by atoms with Crippen LogP contribution in [0.15, 0.2) is 0 Å². The van der Waals surface area contributed by atoms with Crippen LogP contribution in [-0.2, 0) is 4.79 Å². The van der Waals surface area contributed by atoms with Crippen molar-refractivity contribution in [2.45, 2.75) is 40.0 Å². The zero-order valence-corrected chi connectivity index (χ0v) is 12.0. The van der Waals surface area contributed by atoms with Gasteiger partial charge in [-0.1, -0.05) is 27.2 Å². The highest BCUT2D eigenvalue weighted by molar-refractivity contribution is 5.80. The molecule has 0 aromatic heterocycles. The van der Waals surface area contributed by atoms with Crippen molar-refractivity contribution in [2.24, 2.45) is 16.7 Å². The fraction of sp³-hybridized carbons (Fsp3) is 0.857. The molecule has 0 spiro atoms. The number of rotatable bonds is 2. The van der Waals surface area contributed by atoms with Crippen molar-refractivity contribution >= 4 is 12.0 Å². The molecule has 0 radical (unpaired) electrons. The van der Waals surface area contributed by atoms with Gasteiger partial charge in [-0.15, -0.1) is 0 Å². The first kappa shape index (κ1) is 14.2. The average molecular weight is 268 g/mol. The second-order valence-electron chi connectivity index (χ2n) is 7.15. The maximum Gasteiger partial charge on any atom is 0.317 e. The van der Waals surface area contributed by atoms with E-state index >= 15 is 0 Å². The van der Waals surface area contributed by atoms with Gasteiger partial charge in [0.15, 0.2) is 0 Å². The van der Waals surface area contributed by atoms with E-state index in [0.29, 0.717) is 26.1 Å². The molecule has 2 fully saturated rings. The Labute approximate surface area is 114 Å². The molecule has 108 valence electrons. The van der Waals surface area contributed by atoms with Gasteiger partial charge in [0.25, 0.3) is 0 Å². The van der Waals surface area contributed by atoms with Crippen molar-refractivity contribution < 1.29 is 14.7 Å². The van der Waals surface area contributed by atoms with Gasteiger partial charge in [-0.2, -0.15) is 0 Å². The molecular formula is C14H24N2O3. The molecule has 1 heterocycles. The highest BCUT2D eigenvalue weighted by Gasteiger charge is 2.55. The first-order valence-electron chi connectivity index (χ1n) is 7.01. The van der Waals surface area contributed by atoms with E-state index in [1.54, 1.807) is 4.90 Å². The summed E-state index contributed by atoms with van der Waals surface area (Å²) in [5.41, 5.74) is -0.644. The molecule has 0 aromatic rings. The molecule has 0 bridgehead atoms. The number of carboxylic acid groups (broad SMARTS) is 1. The molecule has 5 heteroatoms. The number of amides is 2. The minimum absolute atomic E-state index is 0.0374. The van der Waals surface area contributed by atoms with Gasteiger partial charge in [-0.3, -0.25) is 4.79 Å². The zero-order chi connectivity index (χ0) is 14.3. The third-order valence-corrected chi connectivity index (χ3v) is 4.35. The van der Waals surface area contributed by atoms with Gasteiger partial charge < -0.3 is 15.3 Å². The van der Waals surface area contributed by atoms with Gasteiger partial charge >= 0.3 is 12.0 Å². The summed E-state index contributed by atoms with van der Waals surface area (Å²) in [4.78, 5) is 25.3. The topological polar surface area (TPSA) is 69.6 Å². The summed E-state index contributed by atoms with van der Waals surface area (Å²) < 4.78 is 0. The Bertz CT molecular complexity index is 389. The highest BCUT2D eigenvalue weighted by atomic mass is 16.4. The number of nitrogens with zero attached hydrogens (tertiary/aromatic N) is 1. The number of hydrogen-bond donors (Lipinski definition) is 2. The molecule has 1 saturated carbocycles. The van der Waals surface area contributed by atoms with Crippen molar-refractivity contribution in [1.82, 2.24) is 10.2 Å². The smallest absolute Gasteiger partial charge is 0.317 e. The summed E-state index contributed by atoms with van der Waals surface area (Å²) in [7, 11) is 0. The first-order valence-corrected chi connectivity index (χ1v) is 7.01. The van der Waals surface area contributed by atoms with Gasteiger partial charge in [0.1, 0.15) is 0 Å². The van der Waals surface area contributed by atoms with Crippen LogP contribution in [0.4, 0.5) is 4.79 Å². The molecule has 19 heavy (non-hydrogen) atoms. The molecule has 1 aliphatic carbocycles. The van der Waals surface area contributed by atoms with E-state index in [1.807, 2.05) is 0 Å². The van der Waals surface area contributed by atoms with E-state index in [9.17, 15) is 14.7 Å². The lowest BCUT2D eigenvalue weighted by Gasteiger charge is -2.25. The quantitative estimate of drug-likeness (QED) is 0.804. The lowest BCUT2D eigenvalue weighted by atomic mass is 9.81. The Morgan fingerprint density at radius 1 is 1.42 bits per heavy atom. The monoisotopic (exact) mass is 268 g/mol. The summed E-state index contributed by atoms with van der Waals surface area (Å²) in [6, 6.07) is -0.120. The first-order chi connectivity index (χ1) is 8.74. The molecule has 1 saturated heterocycles. The van der Waals surface area contributed by atoms with Crippen LogP contribution >= 0.6 is 0 Å². The molecule has 0 aromatic carbocycles. The predicted molar refractivity (Wildman–Crippen MR) is 71.8 cm³/mol. The number of carbonyl (C=O) groups excluding carboxylic acids is 1. The molecule has 0 unspecified atom stereocenters. The third kappa shape index (κ3) is 2.69. The van der Waals surface area contributed by atoms with Crippen LogP contribution in [0.25, 0.3) is 0 Å². The minimum atomic E-state index is -0.735. The summed E-state index contributed by atoms with van der Waals surface area (Å²) in [5.74, 6) is -0.605. The lowest BCUT2D eigenvalue weighted by molar-refractivity contribution is -0.149.